The van der Waals surface area contributed by atoms with Crippen molar-refractivity contribution < 1.29 is 13.2 Å². The lowest BCUT2D eigenvalue weighted by molar-refractivity contribution is -0.130. The highest BCUT2D eigenvalue weighted by Crippen LogP contribution is 2.27. The van der Waals surface area contributed by atoms with E-state index in [-0.39, 0.29) is 23.1 Å². The van der Waals surface area contributed by atoms with Gasteiger partial charge in [-0.05, 0) is 30.3 Å². The Morgan fingerprint density at radius 2 is 1.82 bits per heavy atom. The number of benzene rings is 2. The van der Waals surface area contributed by atoms with Crippen LogP contribution >= 0.6 is 11.6 Å². The van der Waals surface area contributed by atoms with Crippen LogP contribution in [0.3, 0.4) is 0 Å². The number of hydrogen-bond donors (Lipinski definition) is 1. The first-order chi connectivity index (χ1) is 13.4. The quantitative estimate of drug-likeness (QED) is 0.828. The lowest BCUT2D eigenvalue weighted by Gasteiger charge is -2.36. The minimum absolute atomic E-state index is 0.0786. The number of fused-ring (bicyclic) bond motifs is 1. The number of halogens is 1. The fraction of sp³-hybridized carbons (Fsp3) is 0.263. The molecule has 0 saturated carbocycles. The third kappa shape index (κ3) is 3.83. The zero-order valence-corrected chi connectivity index (χ0v) is 16.6. The summed E-state index contributed by atoms with van der Waals surface area (Å²) < 4.78 is 28.4. The summed E-state index contributed by atoms with van der Waals surface area (Å²) in [5.74, 6) is 0.00699. The van der Waals surface area contributed by atoms with Crippen molar-refractivity contribution >= 4 is 44.7 Å². The molecule has 146 valence electrons. The second kappa shape index (κ2) is 7.44. The second-order valence-electron chi connectivity index (χ2n) is 6.66. The number of carbonyl (C=O) groups excluding carboxylic acids is 1. The Bertz CT molecular complexity index is 1050. The van der Waals surface area contributed by atoms with Crippen LogP contribution in [0.15, 0.2) is 57.8 Å². The number of anilines is 2. The highest BCUT2D eigenvalue weighted by atomic mass is 35.5. The van der Waals surface area contributed by atoms with Crippen LogP contribution in [-0.2, 0) is 14.8 Å². The van der Waals surface area contributed by atoms with Crippen molar-refractivity contribution in [1.29, 1.82) is 0 Å². The molecule has 1 amide bonds. The fourth-order valence-corrected chi connectivity index (χ4v) is 4.72. The Morgan fingerprint density at radius 1 is 1.07 bits per heavy atom. The van der Waals surface area contributed by atoms with Crippen LogP contribution in [0, 0.1) is 0 Å². The summed E-state index contributed by atoms with van der Waals surface area (Å²) in [6.07, 6.45) is -0.0786. The molecule has 2 heterocycles. The molecule has 0 atom stereocenters. The molecular formula is C19H19ClN4O3S. The minimum Gasteiger partial charge on any atom is -0.368 e. The second-order valence-corrected chi connectivity index (χ2v) is 8.67. The summed E-state index contributed by atoms with van der Waals surface area (Å²) in [5.41, 5.74) is 1.48. The number of amidine groups is 1. The van der Waals surface area contributed by atoms with Crippen molar-refractivity contribution in [2.45, 2.75) is 11.3 Å². The predicted molar refractivity (Wildman–Crippen MR) is 110 cm³/mol. The molecule has 2 aliphatic rings. The van der Waals surface area contributed by atoms with Gasteiger partial charge >= 0.3 is 0 Å². The Kier molecular flexibility index (Phi) is 4.99. The molecule has 28 heavy (non-hydrogen) atoms. The lowest BCUT2D eigenvalue weighted by atomic mass is 10.2. The maximum atomic E-state index is 12.7. The molecule has 7 nitrogen and oxygen atoms in total. The van der Waals surface area contributed by atoms with Crippen molar-refractivity contribution in [1.82, 2.24) is 4.90 Å². The monoisotopic (exact) mass is 418 g/mol. The van der Waals surface area contributed by atoms with Crippen molar-refractivity contribution in [3.05, 3.63) is 53.6 Å². The first-order valence-corrected chi connectivity index (χ1v) is 10.7. The van der Waals surface area contributed by atoms with Crippen molar-refractivity contribution in [2.24, 2.45) is 4.40 Å². The van der Waals surface area contributed by atoms with Crippen LogP contribution in [0.4, 0.5) is 11.4 Å². The number of sulfonamides is 1. The SMILES string of the molecule is O=C(CC1=NS(=O)(=O)c2ccccc2N1)N1CCN(c2cccc(Cl)c2)CC1. The third-order valence-electron chi connectivity index (χ3n) is 4.80. The Morgan fingerprint density at radius 3 is 2.57 bits per heavy atom. The van der Waals surface area contributed by atoms with E-state index in [4.69, 9.17) is 11.6 Å². The van der Waals surface area contributed by atoms with Crippen LogP contribution in [0.2, 0.25) is 5.02 Å². The van der Waals surface area contributed by atoms with E-state index in [0.29, 0.717) is 36.9 Å². The van der Waals surface area contributed by atoms with Crippen LogP contribution < -0.4 is 10.2 Å². The molecule has 2 aromatic rings. The summed E-state index contributed by atoms with van der Waals surface area (Å²) in [6, 6.07) is 14.2. The van der Waals surface area contributed by atoms with E-state index < -0.39 is 10.0 Å². The highest BCUT2D eigenvalue weighted by molar-refractivity contribution is 7.90. The highest BCUT2D eigenvalue weighted by Gasteiger charge is 2.28. The molecule has 9 heteroatoms. The number of hydrogen-bond acceptors (Lipinski definition) is 5. The van der Waals surface area contributed by atoms with Gasteiger partial charge in [0, 0.05) is 36.9 Å². The number of carbonyl (C=O) groups is 1. The number of rotatable bonds is 3. The molecule has 0 spiro atoms. The smallest absolute Gasteiger partial charge is 0.286 e. The summed E-state index contributed by atoms with van der Waals surface area (Å²) in [5, 5.41) is 3.64. The molecule has 0 aliphatic carbocycles. The molecule has 4 rings (SSSR count). The molecule has 1 saturated heterocycles. The van der Waals surface area contributed by atoms with E-state index in [1.165, 1.54) is 6.07 Å². The summed E-state index contributed by atoms with van der Waals surface area (Å²) in [4.78, 5) is 16.7. The first-order valence-electron chi connectivity index (χ1n) is 8.90. The normalized spacial score (nSPS) is 18.1. The lowest BCUT2D eigenvalue weighted by Crippen LogP contribution is -2.49. The van der Waals surface area contributed by atoms with Gasteiger partial charge in [0.2, 0.25) is 5.91 Å². The average Bonchev–Trinajstić information content (AvgIpc) is 2.67. The van der Waals surface area contributed by atoms with E-state index in [1.54, 1.807) is 23.1 Å². The molecular weight excluding hydrogens is 400 g/mol. The van der Waals surface area contributed by atoms with Crippen LogP contribution in [0.1, 0.15) is 6.42 Å². The molecule has 0 aromatic heterocycles. The predicted octanol–water partition coefficient (Wildman–Crippen LogP) is 2.59. The van der Waals surface area contributed by atoms with Crippen molar-refractivity contribution in [3.8, 4) is 0 Å². The van der Waals surface area contributed by atoms with E-state index in [9.17, 15) is 13.2 Å². The van der Waals surface area contributed by atoms with E-state index in [2.05, 4.69) is 14.6 Å². The van der Waals surface area contributed by atoms with Crippen LogP contribution in [0.25, 0.3) is 0 Å². The third-order valence-corrected chi connectivity index (χ3v) is 6.41. The molecule has 0 bridgehead atoms. The van der Waals surface area contributed by atoms with Crippen molar-refractivity contribution in [3.63, 3.8) is 0 Å². The van der Waals surface area contributed by atoms with Gasteiger partial charge in [0.25, 0.3) is 10.0 Å². The molecule has 2 aromatic carbocycles. The molecule has 1 fully saturated rings. The maximum Gasteiger partial charge on any atom is 0.286 e. The van der Waals surface area contributed by atoms with Gasteiger partial charge in [0.05, 0.1) is 12.1 Å². The number of nitrogens with one attached hydrogen (secondary N) is 1. The zero-order valence-electron chi connectivity index (χ0n) is 15.0. The molecule has 1 N–H and O–H groups in total. The summed E-state index contributed by atoms with van der Waals surface area (Å²) in [7, 11) is -3.78. The molecule has 2 aliphatic heterocycles. The van der Waals surface area contributed by atoms with Gasteiger partial charge in [0.15, 0.2) is 0 Å². The van der Waals surface area contributed by atoms with Gasteiger partial charge in [0.1, 0.15) is 10.7 Å². The van der Waals surface area contributed by atoms with E-state index >= 15 is 0 Å². The maximum absolute atomic E-state index is 12.7. The largest absolute Gasteiger partial charge is 0.368 e. The average molecular weight is 419 g/mol. The van der Waals surface area contributed by atoms with Crippen molar-refractivity contribution in [2.75, 3.05) is 36.4 Å². The summed E-state index contributed by atoms with van der Waals surface area (Å²) >= 11 is 6.05. The van der Waals surface area contributed by atoms with Gasteiger partial charge in [-0.15, -0.1) is 4.40 Å². The number of para-hydroxylation sites is 1. The molecule has 0 radical (unpaired) electrons. The van der Waals surface area contributed by atoms with Gasteiger partial charge in [-0.25, -0.2) is 0 Å². The standard InChI is InChI=1S/C19H19ClN4O3S/c20-14-4-3-5-15(12-14)23-8-10-24(11-9-23)19(25)13-18-21-16-6-1-2-7-17(16)28(26,27)22-18/h1-7,12H,8-11,13H2,(H,21,22). The molecule has 0 unspecified atom stereocenters. The first kappa shape index (κ1) is 18.8. The number of amides is 1. The van der Waals surface area contributed by atoms with Gasteiger partial charge in [-0.3, -0.25) is 4.79 Å². The van der Waals surface area contributed by atoms with Gasteiger partial charge in [-0.2, -0.15) is 8.42 Å². The fourth-order valence-electron chi connectivity index (χ4n) is 3.39. The van der Waals surface area contributed by atoms with Gasteiger partial charge in [-0.1, -0.05) is 29.8 Å². The number of piperazine rings is 1. The zero-order chi connectivity index (χ0) is 19.7. The topological polar surface area (TPSA) is 82.1 Å². The van der Waals surface area contributed by atoms with Crippen LogP contribution in [0.5, 0.6) is 0 Å². The van der Waals surface area contributed by atoms with E-state index in [1.807, 2.05) is 24.3 Å². The van der Waals surface area contributed by atoms with E-state index in [0.717, 1.165) is 5.69 Å². The Balaban J connectivity index is 1.40. The minimum atomic E-state index is -3.78. The Labute approximate surface area is 168 Å². The number of nitrogens with zero attached hydrogens (tertiary/aromatic N) is 3. The summed E-state index contributed by atoms with van der Waals surface area (Å²) in [6.45, 7) is 2.49. The van der Waals surface area contributed by atoms with Gasteiger partial charge < -0.3 is 15.1 Å². The Hall–Kier alpha value is -2.58. The van der Waals surface area contributed by atoms with Crippen LogP contribution in [-0.4, -0.2) is 51.2 Å².